The number of benzene rings is 1. The van der Waals surface area contributed by atoms with Gasteiger partial charge in [-0.05, 0) is 10.3 Å². The Morgan fingerprint density at radius 2 is 2.29 bits per heavy atom. The minimum Gasteiger partial charge on any atom is -0.378 e. The Morgan fingerprint density at radius 1 is 1.48 bits per heavy atom. The third-order valence-corrected chi connectivity index (χ3v) is 2.21. The quantitative estimate of drug-likeness (QED) is 0.424. The Hall–Kier alpha value is -3.50. The van der Waals surface area contributed by atoms with Crippen molar-refractivity contribution in [3.8, 4) is 0 Å². The predicted octanol–water partition coefficient (Wildman–Crippen LogP) is 0.716. The highest BCUT2D eigenvalue weighted by atomic mass is 16.6. The fourth-order valence-electron chi connectivity index (χ4n) is 1.30. The van der Waals surface area contributed by atoms with Crippen molar-refractivity contribution in [1.82, 2.24) is 15.7 Å². The molecule has 0 spiro atoms. The molecule has 0 unspecified atom stereocenters. The molecule has 0 saturated heterocycles. The van der Waals surface area contributed by atoms with Gasteiger partial charge in [0.25, 0.3) is 5.69 Å². The molecule has 1 heterocycles. The summed E-state index contributed by atoms with van der Waals surface area (Å²) in [4.78, 5) is 21.5. The summed E-state index contributed by atoms with van der Waals surface area (Å²) in [5.41, 5.74) is 7.84. The lowest BCUT2D eigenvalue weighted by molar-refractivity contribution is -0.384. The Kier molecular flexibility index (Phi) is 4.04. The number of amides is 2. The summed E-state index contributed by atoms with van der Waals surface area (Å²) in [6.45, 7) is 0. The Balaban J connectivity index is 1.93. The van der Waals surface area contributed by atoms with Gasteiger partial charge in [-0.3, -0.25) is 15.4 Å². The molecular weight excluding hydrogens is 282 g/mol. The number of nitro groups is 1. The first-order valence-electron chi connectivity index (χ1n) is 5.49. The van der Waals surface area contributed by atoms with Gasteiger partial charge in [0.1, 0.15) is 0 Å². The van der Waals surface area contributed by atoms with Crippen LogP contribution >= 0.6 is 0 Å². The Morgan fingerprint density at radius 3 is 2.95 bits per heavy atom. The van der Waals surface area contributed by atoms with Gasteiger partial charge < -0.3 is 5.73 Å². The second kappa shape index (κ2) is 6.10. The number of aromatic nitrogens is 2. The van der Waals surface area contributed by atoms with E-state index >= 15 is 0 Å². The Labute approximate surface area is 116 Å². The molecule has 2 amide bonds. The van der Waals surface area contributed by atoms with Crippen LogP contribution in [-0.2, 0) is 0 Å². The van der Waals surface area contributed by atoms with E-state index in [2.05, 4.69) is 30.8 Å². The SMILES string of the molecule is Nc1nonc1NC(=O)N/N=C/c1cccc([N+](=O)[O-])c1. The summed E-state index contributed by atoms with van der Waals surface area (Å²) in [5.74, 6) is -0.120. The van der Waals surface area contributed by atoms with Crippen LogP contribution in [0.25, 0.3) is 0 Å². The van der Waals surface area contributed by atoms with Crippen LogP contribution in [0.4, 0.5) is 22.1 Å². The largest absolute Gasteiger partial charge is 0.378 e. The van der Waals surface area contributed by atoms with E-state index in [0.29, 0.717) is 5.56 Å². The molecule has 11 heteroatoms. The smallest absolute Gasteiger partial charge is 0.340 e. The maximum absolute atomic E-state index is 11.4. The van der Waals surface area contributed by atoms with Crippen LogP contribution in [0.2, 0.25) is 0 Å². The van der Waals surface area contributed by atoms with Gasteiger partial charge in [-0.25, -0.2) is 14.8 Å². The molecular formula is C10H9N7O4. The normalized spacial score (nSPS) is 10.5. The summed E-state index contributed by atoms with van der Waals surface area (Å²) in [6.07, 6.45) is 1.25. The van der Waals surface area contributed by atoms with Gasteiger partial charge in [0.05, 0.1) is 11.1 Å². The third kappa shape index (κ3) is 3.73. The van der Waals surface area contributed by atoms with Crippen molar-refractivity contribution in [2.45, 2.75) is 0 Å². The first kappa shape index (κ1) is 13.9. The van der Waals surface area contributed by atoms with Gasteiger partial charge >= 0.3 is 6.03 Å². The minimum atomic E-state index is -0.723. The van der Waals surface area contributed by atoms with E-state index in [-0.39, 0.29) is 17.3 Å². The van der Waals surface area contributed by atoms with Crippen molar-refractivity contribution in [2.75, 3.05) is 11.1 Å². The summed E-state index contributed by atoms with van der Waals surface area (Å²) >= 11 is 0. The zero-order valence-electron chi connectivity index (χ0n) is 10.4. The van der Waals surface area contributed by atoms with E-state index in [1.54, 1.807) is 6.07 Å². The molecule has 0 saturated carbocycles. The van der Waals surface area contributed by atoms with Crippen LogP contribution in [0.5, 0.6) is 0 Å². The third-order valence-electron chi connectivity index (χ3n) is 2.21. The van der Waals surface area contributed by atoms with E-state index in [0.717, 1.165) is 0 Å². The van der Waals surface area contributed by atoms with E-state index in [1.807, 2.05) is 0 Å². The van der Waals surface area contributed by atoms with Crippen LogP contribution in [0, 0.1) is 10.1 Å². The minimum absolute atomic E-state index is 0.0435. The number of carbonyl (C=O) groups is 1. The molecule has 0 aliphatic carbocycles. The number of nitrogen functional groups attached to an aromatic ring is 1. The molecule has 11 nitrogen and oxygen atoms in total. The van der Waals surface area contributed by atoms with Gasteiger partial charge in [-0.1, -0.05) is 12.1 Å². The van der Waals surface area contributed by atoms with E-state index in [1.165, 1.54) is 24.4 Å². The van der Waals surface area contributed by atoms with E-state index < -0.39 is 11.0 Å². The topological polar surface area (TPSA) is 162 Å². The van der Waals surface area contributed by atoms with Gasteiger partial charge in [0.2, 0.25) is 11.6 Å². The van der Waals surface area contributed by atoms with Crippen molar-refractivity contribution >= 4 is 29.6 Å². The number of urea groups is 1. The van der Waals surface area contributed by atoms with Gasteiger partial charge in [-0.2, -0.15) is 5.10 Å². The van der Waals surface area contributed by atoms with E-state index in [9.17, 15) is 14.9 Å². The standard InChI is InChI=1S/C10H9N7O4/c11-8-9(16-21-15-8)13-10(18)14-12-5-6-2-1-3-7(4-6)17(19)20/h1-5H,(H2,11,15)(H2,13,14,16,18)/b12-5+. The number of carbonyl (C=O) groups excluding carboxylic acids is 1. The van der Waals surface area contributed by atoms with Crippen molar-refractivity contribution in [3.05, 3.63) is 39.9 Å². The second-order valence-electron chi connectivity index (χ2n) is 3.67. The number of non-ortho nitro benzene ring substituents is 1. The molecule has 2 rings (SSSR count). The summed E-state index contributed by atoms with van der Waals surface area (Å²) in [7, 11) is 0. The van der Waals surface area contributed by atoms with Gasteiger partial charge in [0.15, 0.2) is 0 Å². The molecule has 1 aromatic heterocycles. The van der Waals surface area contributed by atoms with Crippen LogP contribution in [0.3, 0.4) is 0 Å². The maximum Gasteiger partial charge on any atom is 0.340 e. The van der Waals surface area contributed by atoms with Crippen LogP contribution in [0.1, 0.15) is 5.56 Å². The lowest BCUT2D eigenvalue weighted by atomic mass is 10.2. The predicted molar refractivity (Wildman–Crippen MR) is 71.6 cm³/mol. The fourth-order valence-corrected chi connectivity index (χ4v) is 1.30. The second-order valence-corrected chi connectivity index (χ2v) is 3.67. The molecule has 0 aliphatic rings. The summed E-state index contributed by atoms with van der Waals surface area (Å²) < 4.78 is 4.29. The van der Waals surface area contributed by atoms with Crippen LogP contribution in [0.15, 0.2) is 34.0 Å². The number of rotatable bonds is 4. The van der Waals surface area contributed by atoms with Gasteiger partial charge in [-0.15, -0.1) is 0 Å². The number of hydrogen-bond donors (Lipinski definition) is 3. The lowest BCUT2D eigenvalue weighted by Crippen LogP contribution is -2.24. The number of anilines is 2. The highest BCUT2D eigenvalue weighted by molar-refractivity contribution is 5.91. The number of nitro benzene ring substituents is 1. The summed E-state index contributed by atoms with van der Waals surface area (Å²) in [5, 5.41) is 23.1. The van der Waals surface area contributed by atoms with Crippen molar-refractivity contribution in [1.29, 1.82) is 0 Å². The van der Waals surface area contributed by atoms with Crippen LogP contribution in [-0.4, -0.2) is 27.5 Å². The molecule has 1 aromatic carbocycles. The van der Waals surface area contributed by atoms with Crippen LogP contribution < -0.4 is 16.5 Å². The molecule has 108 valence electrons. The molecule has 0 radical (unpaired) electrons. The lowest BCUT2D eigenvalue weighted by Gasteiger charge is -1.99. The van der Waals surface area contributed by atoms with Crippen molar-refractivity contribution in [2.24, 2.45) is 5.10 Å². The number of hydrazone groups is 1. The average Bonchev–Trinajstić information content (AvgIpc) is 2.84. The van der Waals surface area contributed by atoms with E-state index in [4.69, 9.17) is 5.73 Å². The molecule has 0 bridgehead atoms. The zero-order chi connectivity index (χ0) is 15.2. The Bertz CT molecular complexity index is 696. The first-order valence-corrected chi connectivity index (χ1v) is 5.49. The highest BCUT2D eigenvalue weighted by Crippen LogP contribution is 2.11. The number of nitrogens with one attached hydrogen (secondary N) is 2. The van der Waals surface area contributed by atoms with Crippen molar-refractivity contribution < 1.29 is 14.3 Å². The molecule has 2 aromatic rings. The maximum atomic E-state index is 11.4. The number of nitrogens with zero attached hydrogens (tertiary/aromatic N) is 4. The molecule has 21 heavy (non-hydrogen) atoms. The van der Waals surface area contributed by atoms with Gasteiger partial charge in [0, 0.05) is 17.7 Å². The number of nitrogens with two attached hydrogens (primary N) is 1. The molecule has 0 aliphatic heterocycles. The average molecular weight is 291 g/mol. The monoisotopic (exact) mass is 291 g/mol. The summed E-state index contributed by atoms with van der Waals surface area (Å²) in [6, 6.07) is 5.02. The highest BCUT2D eigenvalue weighted by Gasteiger charge is 2.09. The molecule has 0 fully saturated rings. The zero-order valence-corrected chi connectivity index (χ0v) is 10.4. The molecule has 0 atom stereocenters. The number of hydrogen-bond acceptors (Lipinski definition) is 8. The van der Waals surface area contributed by atoms with Crippen molar-refractivity contribution in [3.63, 3.8) is 0 Å². The molecule has 4 N–H and O–H groups in total. The fraction of sp³-hybridized carbons (Fsp3) is 0. The first-order chi connectivity index (χ1) is 10.1.